The van der Waals surface area contributed by atoms with E-state index < -0.39 is 0 Å². The number of anilines is 1. The lowest BCUT2D eigenvalue weighted by Crippen LogP contribution is -2.29. The fourth-order valence-corrected chi connectivity index (χ4v) is 2.89. The van der Waals surface area contributed by atoms with Gasteiger partial charge in [-0.1, -0.05) is 42.2 Å². The van der Waals surface area contributed by atoms with Gasteiger partial charge in [-0.15, -0.1) is 0 Å². The Labute approximate surface area is 127 Å². The molecule has 0 N–H and O–H groups in total. The Morgan fingerprint density at radius 1 is 1.05 bits per heavy atom. The van der Waals surface area contributed by atoms with E-state index in [0.717, 1.165) is 18.7 Å². The Balaban J connectivity index is 1.78. The van der Waals surface area contributed by atoms with Crippen LogP contribution < -0.4 is 4.90 Å². The Kier molecular flexibility index (Phi) is 3.97. The summed E-state index contributed by atoms with van der Waals surface area (Å²) >= 11 is 0. The summed E-state index contributed by atoms with van der Waals surface area (Å²) in [5.41, 5.74) is 6.57. The Morgan fingerprint density at radius 3 is 2.81 bits per heavy atom. The second kappa shape index (κ2) is 6.06. The quantitative estimate of drug-likeness (QED) is 0.708. The summed E-state index contributed by atoms with van der Waals surface area (Å²) in [5, 5.41) is 0. The molecule has 2 aromatic rings. The normalized spacial score (nSPS) is 13.3. The summed E-state index contributed by atoms with van der Waals surface area (Å²) in [6, 6.07) is 15.0. The van der Waals surface area contributed by atoms with Gasteiger partial charge in [0.15, 0.2) is 0 Å². The van der Waals surface area contributed by atoms with Gasteiger partial charge in [0, 0.05) is 17.8 Å². The second-order valence-electron chi connectivity index (χ2n) is 5.70. The number of para-hydroxylation sites is 1. The minimum absolute atomic E-state index is 0.810. The fourth-order valence-electron chi connectivity index (χ4n) is 2.89. The number of nitrogens with zero attached hydrogens (tertiary/aromatic N) is 1. The fraction of sp³-hybridized carbons (Fsp3) is 0.300. The number of rotatable bonds is 1. The zero-order valence-corrected chi connectivity index (χ0v) is 12.8. The van der Waals surface area contributed by atoms with Gasteiger partial charge in [0.05, 0.1) is 6.54 Å². The van der Waals surface area contributed by atoms with Crippen molar-refractivity contribution in [3.8, 4) is 11.8 Å². The lowest BCUT2D eigenvalue weighted by Gasteiger charge is -2.29. The number of benzene rings is 2. The molecule has 3 rings (SSSR count). The van der Waals surface area contributed by atoms with Crippen LogP contribution in [0.15, 0.2) is 42.5 Å². The lowest BCUT2D eigenvalue weighted by atomic mass is 10.0. The Bertz CT molecular complexity index is 703. The molecule has 0 unspecified atom stereocenters. The van der Waals surface area contributed by atoms with Crippen LogP contribution in [0.4, 0.5) is 5.69 Å². The molecule has 1 nitrogen and oxygen atoms in total. The summed E-state index contributed by atoms with van der Waals surface area (Å²) in [7, 11) is 0. The van der Waals surface area contributed by atoms with Gasteiger partial charge in [-0.25, -0.2) is 0 Å². The van der Waals surface area contributed by atoms with E-state index >= 15 is 0 Å². The van der Waals surface area contributed by atoms with Crippen molar-refractivity contribution >= 4 is 5.69 Å². The first kappa shape index (κ1) is 13.8. The highest BCUT2D eigenvalue weighted by atomic mass is 15.1. The van der Waals surface area contributed by atoms with E-state index in [9.17, 15) is 0 Å². The average Bonchev–Trinajstić information content (AvgIpc) is 2.52. The highest BCUT2D eigenvalue weighted by molar-refractivity contribution is 5.56. The van der Waals surface area contributed by atoms with Crippen LogP contribution in [0.3, 0.4) is 0 Å². The van der Waals surface area contributed by atoms with E-state index in [1.165, 1.54) is 35.2 Å². The highest BCUT2D eigenvalue weighted by Crippen LogP contribution is 2.26. The van der Waals surface area contributed by atoms with Gasteiger partial charge in [0.25, 0.3) is 0 Å². The van der Waals surface area contributed by atoms with Crippen molar-refractivity contribution in [2.45, 2.75) is 26.7 Å². The molecule has 0 aromatic heterocycles. The molecule has 21 heavy (non-hydrogen) atoms. The van der Waals surface area contributed by atoms with Crippen molar-refractivity contribution in [3.63, 3.8) is 0 Å². The number of fused-ring (bicyclic) bond motifs is 1. The van der Waals surface area contributed by atoms with E-state index in [1.807, 2.05) is 0 Å². The first-order chi connectivity index (χ1) is 10.3. The van der Waals surface area contributed by atoms with Crippen LogP contribution in [-0.4, -0.2) is 13.1 Å². The standard InChI is InChI=1S/C20H21N/c1-16-8-5-10-18(17(16)2)11-6-14-21-15-7-12-19-9-3-4-13-20(19)21/h3-5,8-10,13H,7,12,14-15H2,1-2H3. The molecule has 1 heteroatoms. The molecule has 0 bridgehead atoms. The molecular formula is C20H21N. The zero-order valence-electron chi connectivity index (χ0n) is 12.8. The number of hydrogen-bond acceptors (Lipinski definition) is 1. The second-order valence-corrected chi connectivity index (χ2v) is 5.70. The molecule has 0 spiro atoms. The predicted octanol–water partition coefficient (Wildman–Crippen LogP) is 4.11. The predicted molar refractivity (Wildman–Crippen MR) is 89.8 cm³/mol. The molecule has 1 heterocycles. The van der Waals surface area contributed by atoms with Crippen molar-refractivity contribution in [3.05, 3.63) is 64.7 Å². The summed E-state index contributed by atoms with van der Waals surface area (Å²) in [5.74, 6) is 6.70. The molecule has 1 aliphatic heterocycles. The van der Waals surface area contributed by atoms with E-state index in [1.54, 1.807) is 0 Å². The van der Waals surface area contributed by atoms with Crippen LogP contribution in [0.5, 0.6) is 0 Å². The van der Waals surface area contributed by atoms with Gasteiger partial charge in [0.2, 0.25) is 0 Å². The molecule has 0 fully saturated rings. The van der Waals surface area contributed by atoms with Crippen molar-refractivity contribution in [2.75, 3.05) is 18.0 Å². The van der Waals surface area contributed by atoms with Crippen LogP contribution in [-0.2, 0) is 6.42 Å². The molecule has 1 aliphatic rings. The third-order valence-corrected chi connectivity index (χ3v) is 4.30. The highest BCUT2D eigenvalue weighted by Gasteiger charge is 2.14. The topological polar surface area (TPSA) is 3.24 Å². The van der Waals surface area contributed by atoms with Gasteiger partial charge in [-0.2, -0.15) is 0 Å². The van der Waals surface area contributed by atoms with Crippen LogP contribution >= 0.6 is 0 Å². The minimum atomic E-state index is 0.810. The molecule has 0 saturated carbocycles. The summed E-state index contributed by atoms with van der Waals surface area (Å²) in [4.78, 5) is 2.40. The van der Waals surface area contributed by atoms with Crippen molar-refractivity contribution < 1.29 is 0 Å². The zero-order chi connectivity index (χ0) is 14.7. The molecule has 0 aliphatic carbocycles. The van der Waals surface area contributed by atoms with Gasteiger partial charge in [-0.05, 0) is 55.5 Å². The molecular weight excluding hydrogens is 254 g/mol. The van der Waals surface area contributed by atoms with E-state index in [4.69, 9.17) is 0 Å². The first-order valence-electron chi connectivity index (χ1n) is 7.63. The molecule has 2 aromatic carbocycles. The van der Waals surface area contributed by atoms with Crippen molar-refractivity contribution in [2.24, 2.45) is 0 Å². The summed E-state index contributed by atoms with van der Waals surface area (Å²) in [6.07, 6.45) is 2.42. The van der Waals surface area contributed by atoms with Crippen LogP contribution in [0.25, 0.3) is 0 Å². The first-order valence-corrected chi connectivity index (χ1v) is 7.63. The number of aryl methyl sites for hydroxylation is 2. The van der Waals surface area contributed by atoms with E-state index in [0.29, 0.717) is 0 Å². The minimum Gasteiger partial charge on any atom is -0.360 e. The van der Waals surface area contributed by atoms with Crippen LogP contribution in [0.1, 0.15) is 28.7 Å². The smallest absolute Gasteiger partial charge is 0.0798 e. The van der Waals surface area contributed by atoms with E-state index in [-0.39, 0.29) is 0 Å². The maximum absolute atomic E-state index is 3.36. The largest absolute Gasteiger partial charge is 0.360 e. The molecule has 0 atom stereocenters. The third kappa shape index (κ3) is 2.95. The maximum atomic E-state index is 3.36. The monoisotopic (exact) mass is 275 g/mol. The van der Waals surface area contributed by atoms with Gasteiger partial charge < -0.3 is 4.90 Å². The Hall–Kier alpha value is -2.20. The molecule has 0 saturated heterocycles. The number of hydrogen-bond donors (Lipinski definition) is 0. The van der Waals surface area contributed by atoms with Gasteiger partial charge in [-0.3, -0.25) is 0 Å². The maximum Gasteiger partial charge on any atom is 0.0798 e. The molecule has 106 valence electrons. The van der Waals surface area contributed by atoms with Gasteiger partial charge >= 0.3 is 0 Å². The van der Waals surface area contributed by atoms with E-state index in [2.05, 4.69) is 73.1 Å². The van der Waals surface area contributed by atoms with Crippen molar-refractivity contribution in [1.82, 2.24) is 0 Å². The SMILES string of the molecule is Cc1cccc(C#CCN2CCCc3ccccc32)c1C. The van der Waals surface area contributed by atoms with Gasteiger partial charge in [0.1, 0.15) is 0 Å². The molecule has 0 amide bonds. The van der Waals surface area contributed by atoms with Crippen molar-refractivity contribution in [1.29, 1.82) is 0 Å². The average molecular weight is 275 g/mol. The Morgan fingerprint density at radius 2 is 1.90 bits per heavy atom. The summed E-state index contributed by atoms with van der Waals surface area (Å²) < 4.78 is 0. The lowest BCUT2D eigenvalue weighted by molar-refractivity contribution is 0.726. The van der Waals surface area contributed by atoms with Crippen LogP contribution in [0, 0.1) is 25.7 Å². The molecule has 0 radical (unpaired) electrons. The summed E-state index contributed by atoms with van der Waals surface area (Å²) in [6.45, 7) is 6.21. The third-order valence-electron chi connectivity index (χ3n) is 4.30. The van der Waals surface area contributed by atoms with Crippen LogP contribution in [0.2, 0.25) is 0 Å².